The van der Waals surface area contributed by atoms with E-state index in [9.17, 15) is 9.18 Å². The second-order valence-corrected chi connectivity index (χ2v) is 6.51. The maximum atomic E-state index is 13.4. The lowest BCUT2D eigenvalue weighted by molar-refractivity contribution is -0.123. The van der Waals surface area contributed by atoms with E-state index in [4.69, 9.17) is 9.26 Å². The van der Waals surface area contributed by atoms with Crippen molar-refractivity contribution >= 4 is 5.91 Å². The predicted molar refractivity (Wildman–Crippen MR) is 109 cm³/mol. The van der Waals surface area contributed by atoms with Gasteiger partial charge in [-0.2, -0.15) is 4.98 Å². The number of carbonyl (C=O) groups is 1. The van der Waals surface area contributed by atoms with Crippen molar-refractivity contribution in [2.24, 2.45) is 0 Å². The molecule has 0 unspecified atom stereocenters. The molecule has 3 aromatic carbocycles. The first kappa shape index (κ1) is 19.3. The van der Waals surface area contributed by atoms with Crippen molar-refractivity contribution in [3.8, 4) is 28.6 Å². The summed E-state index contributed by atoms with van der Waals surface area (Å²) in [6, 6.07) is 22.6. The Kier molecular flexibility index (Phi) is 5.80. The highest BCUT2D eigenvalue weighted by atomic mass is 19.1. The Labute approximate surface area is 172 Å². The van der Waals surface area contributed by atoms with Crippen LogP contribution in [0, 0.1) is 5.82 Å². The van der Waals surface area contributed by atoms with Crippen LogP contribution in [-0.4, -0.2) is 22.7 Å². The quantitative estimate of drug-likeness (QED) is 0.500. The summed E-state index contributed by atoms with van der Waals surface area (Å²) in [6.07, 6.45) is 0. The van der Waals surface area contributed by atoms with Crippen LogP contribution in [0.15, 0.2) is 83.4 Å². The summed E-state index contributed by atoms with van der Waals surface area (Å²) in [7, 11) is 0. The van der Waals surface area contributed by atoms with Crippen molar-refractivity contribution < 1.29 is 18.4 Å². The van der Waals surface area contributed by atoms with Crippen LogP contribution in [0.1, 0.15) is 5.56 Å². The van der Waals surface area contributed by atoms with Gasteiger partial charge >= 0.3 is 0 Å². The van der Waals surface area contributed by atoms with Crippen LogP contribution in [0.3, 0.4) is 0 Å². The third-order valence-electron chi connectivity index (χ3n) is 4.29. The molecule has 30 heavy (non-hydrogen) atoms. The number of hydrogen-bond acceptors (Lipinski definition) is 5. The van der Waals surface area contributed by atoms with Crippen molar-refractivity contribution in [1.82, 2.24) is 15.5 Å². The number of aromatic nitrogens is 2. The minimum absolute atomic E-state index is 0.114. The average molecular weight is 403 g/mol. The molecule has 150 valence electrons. The fourth-order valence-electron chi connectivity index (χ4n) is 2.80. The molecule has 0 aliphatic rings. The van der Waals surface area contributed by atoms with E-state index in [0.29, 0.717) is 29.2 Å². The molecule has 4 aromatic rings. The van der Waals surface area contributed by atoms with Gasteiger partial charge in [-0.1, -0.05) is 53.7 Å². The van der Waals surface area contributed by atoms with Crippen LogP contribution in [0.25, 0.3) is 22.8 Å². The number of rotatable bonds is 7. The van der Waals surface area contributed by atoms with Crippen LogP contribution in [0.4, 0.5) is 4.39 Å². The normalized spacial score (nSPS) is 10.6. The number of nitrogens with one attached hydrogen (secondary N) is 1. The topological polar surface area (TPSA) is 77.2 Å². The summed E-state index contributed by atoms with van der Waals surface area (Å²) in [5, 5.41) is 6.76. The molecule has 1 aromatic heterocycles. The number of halogens is 1. The van der Waals surface area contributed by atoms with Gasteiger partial charge in [-0.3, -0.25) is 4.79 Å². The average Bonchev–Trinajstić information content (AvgIpc) is 3.28. The van der Waals surface area contributed by atoms with Gasteiger partial charge in [-0.05, 0) is 35.9 Å². The number of carbonyl (C=O) groups excluding carboxylic acids is 1. The summed E-state index contributed by atoms with van der Waals surface area (Å²) >= 11 is 0. The monoisotopic (exact) mass is 403 g/mol. The Bertz CT molecular complexity index is 1150. The second-order valence-electron chi connectivity index (χ2n) is 6.51. The van der Waals surface area contributed by atoms with Crippen LogP contribution < -0.4 is 10.1 Å². The van der Waals surface area contributed by atoms with E-state index in [1.807, 2.05) is 30.3 Å². The van der Waals surface area contributed by atoms with Gasteiger partial charge < -0.3 is 14.6 Å². The SMILES string of the molecule is O=C(COc1cccc(-c2noc(-c3cccc(F)c3)n2)c1)NCc1ccccc1. The van der Waals surface area contributed by atoms with Gasteiger partial charge in [0.1, 0.15) is 11.6 Å². The Balaban J connectivity index is 1.38. The molecule has 0 bridgehead atoms. The summed E-state index contributed by atoms with van der Waals surface area (Å²) < 4.78 is 24.2. The van der Waals surface area contributed by atoms with Crippen LogP contribution in [0.5, 0.6) is 5.75 Å². The number of benzene rings is 3. The van der Waals surface area contributed by atoms with Gasteiger partial charge in [-0.25, -0.2) is 4.39 Å². The van der Waals surface area contributed by atoms with E-state index in [1.165, 1.54) is 12.1 Å². The highest BCUT2D eigenvalue weighted by molar-refractivity contribution is 5.77. The standard InChI is InChI=1S/C23H18FN3O3/c24-19-10-4-9-18(12-19)23-26-22(27-30-23)17-8-5-11-20(13-17)29-15-21(28)25-14-16-6-2-1-3-7-16/h1-13H,14-15H2,(H,25,28). The first-order valence-corrected chi connectivity index (χ1v) is 9.31. The summed E-state index contributed by atoms with van der Waals surface area (Å²) in [4.78, 5) is 16.3. The molecule has 0 saturated carbocycles. The summed E-state index contributed by atoms with van der Waals surface area (Å²) in [5.41, 5.74) is 2.17. The van der Waals surface area contributed by atoms with E-state index < -0.39 is 0 Å². The largest absolute Gasteiger partial charge is 0.484 e. The molecule has 0 atom stereocenters. The number of amides is 1. The van der Waals surface area contributed by atoms with Crippen molar-refractivity contribution in [3.05, 3.63) is 90.2 Å². The van der Waals surface area contributed by atoms with Gasteiger partial charge in [-0.15, -0.1) is 0 Å². The highest BCUT2D eigenvalue weighted by Gasteiger charge is 2.12. The molecular formula is C23H18FN3O3. The Morgan fingerprint density at radius 2 is 1.77 bits per heavy atom. The zero-order chi connectivity index (χ0) is 20.8. The molecule has 1 amide bonds. The van der Waals surface area contributed by atoms with E-state index in [-0.39, 0.29) is 24.2 Å². The number of hydrogen-bond donors (Lipinski definition) is 1. The molecule has 0 fully saturated rings. The zero-order valence-corrected chi connectivity index (χ0v) is 15.9. The molecule has 1 heterocycles. The number of ether oxygens (including phenoxy) is 1. The molecule has 6 nitrogen and oxygen atoms in total. The Morgan fingerprint density at radius 3 is 2.60 bits per heavy atom. The first-order valence-electron chi connectivity index (χ1n) is 9.31. The minimum atomic E-state index is -0.381. The van der Waals surface area contributed by atoms with E-state index in [1.54, 1.807) is 36.4 Å². The third kappa shape index (κ3) is 4.88. The molecule has 4 rings (SSSR count). The van der Waals surface area contributed by atoms with E-state index in [0.717, 1.165) is 5.56 Å². The molecular weight excluding hydrogens is 385 g/mol. The van der Waals surface area contributed by atoms with Crippen LogP contribution in [-0.2, 0) is 11.3 Å². The number of nitrogens with zero attached hydrogens (tertiary/aromatic N) is 2. The maximum Gasteiger partial charge on any atom is 0.258 e. The lowest BCUT2D eigenvalue weighted by Crippen LogP contribution is -2.28. The Morgan fingerprint density at radius 1 is 0.967 bits per heavy atom. The van der Waals surface area contributed by atoms with Crippen LogP contribution in [0.2, 0.25) is 0 Å². The summed E-state index contributed by atoms with van der Waals surface area (Å²) in [5.74, 6) is 0.453. The van der Waals surface area contributed by atoms with Crippen molar-refractivity contribution in [2.75, 3.05) is 6.61 Å². The van der Waals surface area contributed by atoms with Gasteiger partial charge in [0.15, 0.2) is 6.61 Å². The molecule has 0 aliphatic heterocycles. The second kappa shape index (κ2) is 9.00. The first-order chi connectivity index (χ1) is 14.7. The predicted octanol–water partition coefficient (Wildman–Crippen LogP) is 4.24. The lowest BCUT2D eigenvalue weighted by atomic mass is 10.2. The van der Waals surface area contributed by atoms with E-state index >= 15 is 0 Å². The van der Waals surface area contributed by atoms with Gasteiger partial charge in [0, 0.05) is 17.7 Å². The third-order valence-corrected chi connectivity index (χ3v) is 4.29. The van der Waals surface area contributed by atoms with E-state index in [2.05, 4.69) is 15.5 Å². The zero-order valence-electron chi connectivity index (χ0n) is 15.9. The minimum Gasteiger partial charge on any atom is -0.484 e. The highest BCUT2D eigenvalue weighted by Crippen LogP contribution is 2.25. The van der Waals surface area contributed by atoms with Gasteiger partial charge in [0.25, 0.3) is 11.8 Å². The molecule has 0 saturated heterocycles. The fourth-order valence-corrected chi connectivity index (χ4v) is 2.80. The smallest absolute Gasteiger partial charge is 0.258 e. The molecule has 1 N–H and O–H groups in total. The summed E-state index contributed by atoms with van der Waals surface area (Å²) in [6.45, 7) is 0.325. The molecule has 0 spiro atoms. The molecule has 0 radical (unpaired) electrons. The lowest BCUT2D eigenvalue weighted by Gasteiger charge is -2.08. The Hall–Kier alpha value is -4.00. The van der Waals surface area contributed by atoms with Crippen molar-refractivity contribution in [3.63, 3.8) is 0 Å². The molecule has 0 aliphatic carbocycles. The van der Waals surface area contributed by atoms with Crippen molar-refractivity contribution in [2.45, 2.75) is 6.54 Å². The van der Waals surface area contributed by atoms with Gasteiger partial charge in [0.2, 0.25) is 5.82 Å². The fraction of sp³-hybridized carbons (Fsp3) is 0.0870. The van der Waals surface area contributed by atoms with Crippen molar-refractivity contribution in [1.29, 1.82) is 0 Å². The maximum absolute atomic E-state index is 13.4. The van der Waals surface area contributed by atoms with Crippen LogP contribution >= 0.6 is 0 Å². The molecule has 7 heteroatoms. The van der Waals surface area contributed by atoms with Gasteiger partial charge in [0.05, 0.1) is 0 Å².